The molecule has 1 fully saturated rings. The fourth-order valence-corrected chi connectivity index (χ4v) is 3.09. The number of anilines is 1. The van der Waals surface area contributed by atoms with Gasteiger partial charge in [-0.25, -0.2) is 9.18 Å². The van der Waals surface area contributed by atoms with Gasteiger partial charge in [0.25, 0.3) is 0 Å². The van der Waals surface area contributed by atoms with Crippen molar-refractivity contribution in [3.63, 3.8) is 0 Å². The molecule has 0 aromatic heterocycles. The molecule has 2 aromatic carbocycles. The van der Waals surface area contributed by atoms with Gasteiger partial charge in [0.2, 0.25) is 11.8 Å². The summed E-state index contributed by atoms with van der Waals surface area (Å²) in [7, 11) is 0. The van der Waals surface area contributed by atoms with E-state index in [-0.39, 0.29) is 35.7 Å². The highest BCUT2D eigenvalue weighted by Gasteiger charge is 2.48. The number of esters is 1. The molecule has 0 saturated heterocycles. The lowest BCUT2D eigenvalue weighted by Gasteiger charge is -2.10. The Bertz CT molecular complexity index is 898. The Labute approximate surface area is 168 Å². The molecule has 2 N–H and O–H groups in total. The molecule has 152 valence electrons. The van der Waals surface area contributed by atoms with Crippen molar-refractivity contribution in [3.05, 3.63) is 65.5 Å². The summed E-state index contributed by atoms with van der Waals surface area (Å²) in [6.07, 6.45) is 1.05. The summed E-state index contributed by atoms with van der Waals surface area (Å²) in [6, 6.07) is 12.7. The third kappa shape index (κ3) is 5.40. The van der Waals surface area contributed by atoms with E-state index < -0.39 is 11.9 Å². The largest absolute Gasteiger partial charge is 0.462 e. The van der Waals surface area contributed by atoms with E-state index in [1.807, 2.05) is 0 Å². The number of nitrogens with one attached hydrogen (secondary N) is 2. The maximum Gasteiger partial charge on any atom is 0.340 e. The lowest BCUT2D eigenvalue weighted by Crippen LogP contribution is -2.29. The van der Waals surface area contributed by atoms with Gasteiger partial charge in [-0.1, -0.05) is 24.3 Å². The zero-order valence-corrected chi connectivity index (χ0v) is 16.1. The molecule has 0 heterocycles. The van der Waals surface area contributed by atoms with E-state index >= 15 is 0 Å². The Morgan fingerprint density at radius 2 is 1.72 bits per heavy atom. The first-order valence-corrected chi connectivity index (χ1v) is 9.58. The monoisotopic (exact) mass is 398 g/mol. The van der Waals surface area contributed by atoms with E-state index in [2.05, 4.69) is 10.6 Å². The predicted molar refractivity (Wildman–Crippen MR) is 106 cm³/mol. The topological polar surface area (TPSA) is 84.5 Å². The quantitative estimate of drug-likeness (QED) is 0.670. The van der Waals surface area contributed by atoms with Crippen molar-refractivity contribution in [3.8, 4) is 0 Å². The second-order valence-electron chi connectivity index (χ2n) is 6.87. The lowest BCUT2D eigenvalue weighted by atomic mass is 10.1. The van der Waals surface area contributed by atoms with E-state index in [1.165, 1.54) is 12.1 Å². The number of carbonyl (C=O) groups is 3. The molecule has 1 aliphatic rings. The fraction of sp³-hybridized carbons (Fsp3) is 0.318. The zero-order valence-electron chi connectivity index (χ0n) is 16.1. The highest BCUT2D eigenvalue weighted by Crippen LogP contribution is 2.39. The van der Waals surface area contributed by atoms with Gasteiger partial charge >= 0.3 is 5.97 Å². The van der Waals surface area contributed by atoms with Crippen LogP contribution in [0.4, 0.5) is 10.1 Å². The zero-order chi connectivity index (χ0) is 20.8. The van der Waals surface area contributed by atoms with Crippen LogP contribution < -0.4 is 10.6 Å². The Hall–Kier alpha value is -3.22. The van der Waals surface area contributed by atoms with Gasteiger partial charge in [-0.05, 0) is 49.6 Å². The van der Waals surface area contributed by atoms with Crippen LogP contribution in [0, 0.1) is 17.7 Å². The second kappa shape index (κ2) is 9.32. The molecular weight excluding hydrogens is 375 g/mol. The van der Waals surface area contributed by atoms with Gasteiger partial charge in [-0.2, -0.15) is 0 Å². The SMILES string of the molecule is CCOC(=O)c1ccccc1NC(=O)C1CC1C(=O)NCCc1ccc(F)cc1. The lowest BCUT2D eigenvalue weighted by molar-refractivity contribution is -0.125. The second-order valence-corrected chi connectivity index (χ2v) is 6.87. The first kappa shape index (κ1) is 20.5. The van der Waals surface area contributed by atoms with Crippen LogP contribution in [-0.2, 0) is 20.7 Å². The third-order valence-corrected chi connectivity index (χ3v) is 4.77. The molecule has 7 heteroatoms. The Balaban J connectivity index is 1.48. The maximum atomic E-state index is 12.9. The van der Waals surface area contributed by atoms with Crippen molar-refractivity contribution in [2.45, 2.75) is 19.8 Å². The number of carbonyl (C=O) groups excluding carboxylic acids is 3. The number of ether oxygens (including phenoxy) is 1. The minimum atomic E-state index is -0.505. The van der Waals surface area contributed by atoms with Gasteiger partial charge in [0, 0.05) is 6.54 Å². The molecule has 0 spiro atoms. The Morgan fingerprint density at radius 1 is 1.03 bits per heavy atom. The molecule has 0 radical (unpaired) electrons. The number of hydrogen-bond donors (Lipinski definition) is 2. The normalized spacial score (nSPS) is 17.3. The highest BCUT2D eigenvalue weighted by molar-refractivity contribution is 6.04. The van der Waals surface area contributed by atoms with Crippen LogP contribution in [0.15, 0.2) is 48.5 Å². The number of para-hydroxylation sites is 1. The molecule has 2 unspecified atom stereocenters. The molecule has 2 aromatic rings. The van der Waals surface area contributed by atoms with E-state index in [9.17, 15) is 18.8 Å². The standard InChI is InChI=1S/C22H23FN2O4/c1-2-29-22(28)16-5-3-4-6-19(16)25-21(27)18-13-17(18)20(26)24-12-11-14-7-9-15(23)10-8-14/h3-10,17-18H,2,11-13H2,1H3,(H,24,26)(H,25,27). The highest BCUT2D eigenvalue weighted by atomic mass is 19.1. The summed E-state index contributed by atoms with van der Waals surface area (Å²) in [4.78, 5) is 36.7. The van der Waals surface area contributed by atoms with Crippen LogP contribution >= 0.6 is 0 Å². The smallest absolute Gasteiger partial charge is 0.340 e. The van der Waals surface area contributed by atoms with E-state index in [4.69, 9.17) is 4.74 Å². The molecule has 1 aliphatic carbocycles. The number of hydrogen-bond acceptors (Lipinski definition) is 4. The molecule has 2 atom stereocenters. The summed E-state index contributed by atoms with van der Waals surface area (Å²) in [6.45, 7) is 2.37. The van der Waals surface area contributed by atoms with Gasteiger partial charge in [0.05, 0.1) is 29.7 Å². The van der Waals surface area contributed by atoms with E-state index in [0.717, 1.165) is 5.56 Å². The summed E-state index contributed by atoms with van der Waals surface area (Å²) in [5.41, 5.74) is 1.58. The van der Waals surface area contributed by atoms with E-state index in [0.29, 0.717) is 25.1 Å². The number of halogens is 1. The van der Waals surface area contributed by atoms with Crippen LogP contribution in [0.3, 0.4) is 0 Å². The van der Waals surface area contributed by atoms with Crippen molar-refractivity contribution in [1.82, 2.24) is 5.32 Å². The van der Waals surface area contributed by atoms with Crippen molar-refractivity contribution in [2.75, 3.05) is 18.5 Å². The van der Waals surface area contributed by atoms with Gasteiger partial charge < -0.3 is 15.4 Å². The van der Waals surface area contributed by atoms with Crippen LogP contribution in [0.2, 0.25) is 0 Å². The van der Waals surface area contributed by atoms with Crippen molar-refractivity contribution in [1.29, 1.82) is 0 Å². The first-order chi connectivity index (χ1) is 14.0. The van der Waals surface area contributed by atoms with Crippen LogP contribution in [0.1, 0.15) is 29.3 Å². The average Bonchev–Trinajstić information content (AvgIpc) is 3.51. The maximum absolute atomic E-state index is 12.9. The summed E-state index contributed by atoms with van der Waals surface area (Å²) in [5, 5.41) is 5.54. The Kier molecular flexibility index (Phi) is 6.59. The minimum Gasteiger partial charge on any atom is -0.462 e. The summed E-state index contributed by atoms with van der Waals surface area (Å²) >= 11 is 0. The number of amides is 2. The van der Waals surface area contributed by atoms with Gasteiger partial charge in [0.15, 0.2) is 0 Å². The van der Waals surface area contributed by atoms with Gasteiger partial charge in [-0.3, -0.25) is 9.59 Å². The fourth-order valence-electron chi connectivity index (χ4n) is 3.09. The third-order valence-electron chi connectivity index (χ3n) is 4.77. The molecule has 1 saturated carbocycles. The number of benzene rings is 2. The first-order valence-electron chi connectivity index (χ1n) is 9.58. The average molecular weight is 398 g/mol. The van der Waals surface area contributed by atoms with Crippen LogP contribution in [0.5, 0.6) is 0 Å². The molecule has 6 nitrogen and oxygen atoms in total. The molecule has 0 aliphatic heterocycles. The molecular formula is C22H23FN2O4. The van der Waals surface area contributed by atoms with Crippen molar-refractivity contribution in [2.24, 2.45) is 11.8 Å². The van der Waals surface area contributed by atoms with Gasteiger partial charge in [-0.15, -0.1) is 0 Å². The molecule has 2 amide bonds. The molecule has 3 rings (SSSR count). The number of rotatable bonds is 8. The predicted octanol–water partition coefficient (Wildman–Crippen LogP) is 2.94. The van der Waals surface area contributed by atoms with Crippen molar-refractivity contribution >= 4 is 23.5 Å². The van der Waals surface area contributed by atoms with E-state index in [1.54, 1.807) is 43.3 Å². The summed E-state index contributed by atoms with van der Waals surface area (Å²) in [5.74, 6) is -2.07. The van der Waals surface area contributed by atoms with Gasteiger partial charge in [0.1, 0.15) is 5.82 Å². The van der Waals surface area contributed by atoms with Crippen LogP contribution in [-0.4, -0.2) is 30.9 Å². The van der Waals surface area contributed by atoms with Crippen LogP contribution in [0.25, 0.3) is 0 Å². The summed E-state index contributed by atoms with van der Waals surface area (Å²) < 4.78 is 17.9. The minimum absolute atomic E-state index is 0.175. The van der Waals surface area contributed by atoms with Crippen molar-refractivity contribution < 1.29 is 23.5 Å². The molecule has 29 heavy (non-hydrogen) atoms. The molecule has 0 bridgehead atoms. The Morgan fingerprint density at radius 3 is 2.45 bits per heavy atom.